The van der Waals surface area contributed by atoms with Crippen molar-refractivity contribution in [1.29, 1.82) is 0 Å². The largest absolute Gasteiger partial charge is 0.328 e. The van der Waals surface area contributed by atoms with Crippen LogP contribution in [0.5, 0.6) is 0 Å². The van der Waals surface area contributed by atoms with Gasteiger partial charge in [-0.2, -0.15) is 0 Å². The zero-order chi connectivity index (χ0) is 22.1. The molecule has 2 atom stereocenters. The molecule has 0 aromatic heterocycles. The van der Waals surface area contributed by atoms with Crippen LogP contribution in [0.25, 0.3) is 0 Å². The van der Waals surface area contributed by atoms with E-state index in [1.165, 1.54) is 40.9 Å². The van der Waals surface area contributed by atoms with E-state index in [-0.39, 0.29) is 24.9 Å². The predicted molar refractivity (Wildman–Crippen MR) is 118 cm³/mol. The number of fused-ring (bicyclic) bond motifs is 1. The number of carbonyl (C=O) groups is 3. The Morgan fingerprint density at radius 2 is 1.94 bits per heavy atom. The van der Waals surface area contributed by atoms with Gasteiger partial charge in [0.2, 0.25) is 11.8 Å². The second-order valence-electron chi connectivity index (χ2n) is 7.34. The van der Waals surface area contributed by atoms with E-state index in [2.05, 4.69) is 5.32 Å². The third-order valence-corrected chi connectivity index (χ3v) is 6.52. The molecule has 160 valence electrons. The molecule has 31 heavy (non-hydrogen) atoms. The first-order chi connectivity index (χ1) is 14.8. The number of nitrogens with one attached hydrogen (secondary N) is 1. The summed E-state index contributed by atoms with van der Waals surface area (Å²) in [5, 5.41) is 4.53. The van der Waals surface area contributed by atoms with Gasteiger partial charge in [-0.05, 0) is 47.7 Å². The van der Waals surface area contributed by atoms with Gasteiger partial charge in [-0.15, -0.1) is 11.8 Å². The molecular weight excluding hydrogens is 441 g/mol. The Morgan fingerprint density at radius 1 is 1.19 bits per heavy atom. The molecule has 0 radical (unpaired) electrons. The molecule has 6 nitrogen and oxygen atoms in total. The fourth-order valence-corrected chi connectivity index (χ4v) is 4.79. The molecule has 1 fully saturated rings. The van der Waals surface area contributed by atoms with Crippen molar-refractivity contribution < 1.29 is 18.8 Å². The van der Waals surface area contributed by atoms with Crippen molar-refractivity contribution in [2.24, 2.45) is 0 Å². The summed E-state index contributed by atoms with van der Waals surface area (Å²) in [6.45, 7) is 1.63. The quantitative estimate of drug-likeness (QED) is 0.728. The summed E-state index contributed by atoms with van der Waals surface area (Å²) in [5.41, 5.74) is 2.02. The molecule has 9 heteroatoms. The van der Waals surface area contributed by atoms with Crippen LogP contribution in [0.15, 0.2) is 53.9 Å². The zero-order valence-corrected chi connectivity index (χ0v) is 18.1. The Morgan fingerprint density at radius 3 is 2.68 bits per heavy atom. The molecule has 4 amide bonds. The SMILES string of the molecule is Cc1ccc(Cl)cc1NC(=O)CN1C(=O)N(Cc2ccc(F)cc2)C(=O)C2SC=CC21. The van der Waals surface area contributed by atoms with Crippen molar-refractivity contribution in [2.75, 3.05) is 11.9 Å². The molecule has 1 N–H and O–H groups in total. The fourth-order valence-electron chi connectivity index (χ4n) is 3.56. The van der Waals surface area contributed by atoms with Crippen molar-refractivity contribution in [2.45, 2.75) is 24.8 Å². The third-order valence-electron chi connectivity index (χ3n) is 5.20. The Labute approximate surface area is 188 Å². The number of thioether (sulfide) groups is 1. The lowest BCUT2D eigenvalue weighted by Crippen LogP contribution is -2.62. The standard InChI is InChI=1S/C22H19ClFN3O3S/c1-13-2-5-15(23)10-17(13)25-19(28)12-26-18-8-9-31-20(18)21(29)27(22(26)30)11-14-3-6-16(24)7-4-14/h2-10,18,20H,11-12H2,1H3,(H,25,28). The van der Waals surface area contributed by atoms with Crippen LogP contribution in [0.2, 0.25) is 5.02 Å². The highest BCUT2D eigenvalue weighted by molar-refractivity contribution is 8.03. The van der Waals surface area contributed by atoms with Gasteiger partial charge in [0, 0.05) is 10.7 Å². The lowest BCUT2D eigenvalue weighted by molar-refractivity contribution is -0.132. The van der Waals surface area contributed by atoms with Gasteiger partial charge in [-0.25, -0.2) is 9.18 Å². The Kier molecular flexibility index (Phi) is 6.02. The van der Waals surface area contributed by atoms with Gasteiger partial charge in [-0.3, -0.25) is 14.5 Å². The number of anilines is 1. The van der Waals surface area contributed by atoms with Crippen LogP contribution in [0.3, 0.4) is 0 Å². The lowest BCUT2D eigenvalue weighted by Gasteiger charge is -2.41. The number of halogens is 2. The maximum Gasteiger partial charge on any atom is 0.328 e. The van der Waals surface area contributed by atoms with E-state index >= 15 is 0 Å². The van der Waals surface area contributed by atoms with Gasteiger partial charge < -0.3 is 10.2 Å². The number of imide groups is 1. The van der Waals surface area contributed by atoms with Gasteiger partial charge in [0.1, 0.15) is 17.6 Å². The van der Waals surface area contributed by atoms with Crippen LogP contribution < -0.4 is 5.32 Å². The third kappa shape index (κ3) is 4.45. The number of nitrogens with zero attached hydrogens (tertiary/aromatic N) is 2. The van der Waals surface area contributed by atoms with Crippen LogP contribution in [0, 0.1) is 12.7 Å². The lowest BCUT2D eigenvalue weighted by atomic mass is 10.1. The number of benzene rings is 2. The molecule has 4 rings (SSSR count). The maximum atomic E-state index is 13.2. The molecule has 0 bridgehead atoms. The molecule has 0 aliphatic carbocycles. The summed E-state index contributed by atoms with van der Waals surface area (Å²) in [6.07, 6.45) is 1.76. The number of aryl methyl sites for hydroxylation is 1. The number of urea groups is 1. The van der Waals surface area contributed by atoms with Crippen LogP contribution in [-0.4, -0.2) is 45.5 Å². The molecule has 2 heterocycles. The highest BCUT2D eigenvalue weighted by Crippen LogP contribution is 2.35. The highest BCUT2D eigenvalue weighted by Gasteiger charge is 2.47. The van der Waals surface area contributed by atoms with E-state index in [1.807, 2.05) is 6.92 Å². The van der Waals surface area contributed by atoms with Crippen molar-refractivity contribution in [3.63, 3.8) is 0 Å². The first-order valence-corrected chi connectivity index (χ1v) is 10.9. The summed E-state index contributed by atoms with van der Waals surface area (Å²) in [5.74, 6) is -1.11. The first-order valence-electron chi connectivity index (χ1n) is 9.58. The molecule has 0 spiro atoms. The van der Waals surface area contributed by atoms with Crippen molar-refractivity contribution in [3.05, 3.63) is 75.9 Å². The average molecular weight is 460 g/mol. The molecule has 0 saturated carbocycles. The minimum atomic E-state index is -0.555. The monoisotopic (exact) mass is 459 g/mol. The smallest absolute Gasteiger partial charge is 0.324 e. The van der Waals surface area contributed by atoms with E-state index < -0.39 is 23.1 Å². The summed E-state index contributed by atoms with van der Waals surface area (Å²) < 4.78 is 13.2. The number of carbonyl (C=O) groups excluding carboxylic acids is 3. The van der Waals surface area contributed by atoms with Gasteiger partial charge in [0.15, 0.2) is 0 Å². The van der Waals surface area contributed by atoms with E-state index in [0.29, 0.717) is 16.3 Å². The van der Waals surface area contributed by atoms with E-state index in [4.69, 9.17) is 11.6 Å². The summed E-state index contributed by atoms with van der Waals surface area (Å²) in [4.78, 5) is 41.3. The Hall–Kier alpha value is -2.84. The Bertz CT molecular complexity index is 1080. The van der Waals surface area contributed by atoms with Crippen molar-refractivity contribution in [3.8, 4) is 0 Å². The van der Waals surface area contributed by atoms with E-state index in [9.17, 15) is 18.8 Å². The first kappa shape index (κ1) is 21.4. The molecular formula is C22H19ClFN3O3S. The number of amides is 4. The van der Waals surface area contributed by atoms with Crippen LogP contribution in [-0.2, 0) is 16.1 Å². The van der Waals surface area contributed by atoms with Gasteiger partial charge in [0.05, 0.1) is 12.6 Å². The average Bonchev–Trinajstić information content (AvgIpc) is 3.22. The molecule has 1 saturated heterocycles. The predicted octanol–water partition coefficient (Wildman–Crippen LogP) is 4.19. The molecule has 2 aromatic carbocycles. The maximum absolute atomic E-state index is 13.2. The van der Waals surface area contributed by atoms with Crippen LogP contribution in [0.1, 0.15) is 11.1 Å². The van der Waals surface area contributed by atoms with Crippen molar-refractivity contribution in [1.82, 2.24) is 9.80 Å². The molecule has 2 aromatic rings. The molecule has 2 aliphatic heterocycles. The van der Waals surface area contributed by atoms with Crippen molar-refractivity contribution >= 4 is 46.9 Å². The van der Waals surface area contributed by atoms with Crippen LogP contribution >= 0.6 is 23.4 Å². The van der Waals surface area contributed by atoms with E-state index in [1.54, 1.807) is 29.7 Å². The van der Waals surface area contributed by atoms with Crippen LogP contribution in [0.4, 0.5) is 14.9 Å². The fraction of sp³-hybridized carbons (Fsp3) is 0.227. The normalized spacial score (nSPS) is 20.2. The summed E-state index contributed by atoms with van der Waals surface area (Å²) >= 11 is 7.33. The minimum Gasteiger partial charge on any atom is -0.324 e. The highest BCUT2D eigenvalue weighted by atomic mass is 35.5. The Balaban J connectivity index is 1.53. The zero-order valence-electron chi connectivity index (χ0n) is 16.5. The summed E-state index contributed by atoms with van der Waals surface area (Å²) in [7, 11) is 0. The number of rotatable bonds is 5. The topological polar surface area (TPSA) is 69.7 Å². The number of hydrogen-bond acceptors (Lipinski definition) is 4. The van der Waals surface area contributed by atoms with E-state index in [0.717, 1.165) is 10.5 Å². The van der Waals surface area contributed by atoms with Gasteiger partial charge >= 0.3 is 6.03 Å². The second-order valence-corrected chi connectivity index (χ2v) is 8.83. The minimum absolute atomic E-state index is 0.00719. The summed E-state index contributed by atoms with van der Waals surface area (Å²) in [6, 6.07) is 9.72. The second kappa shape index (κ2) is 8.72. The molecule has 2 aliphatic rings. The van der Waals surface area contributed by atoms with Gasteiger partial charge in [-0.1, -0.05) is 35.9 Å². The van der Waals surface area contributed by atoms with Gasteiger partial charge in [0.25, 0.3) is 0 Å². The molecule has 2 unspecified atom stereocenters. The number of hydrogen-bond donors (Lipinski definition) is 1.